The zero-order chi connectivity index (χ0) is 19.7. The van der Waals surface area contributed by atoms with E-state index in [9.17, 15) is 20.1 Å². The molecule has 1 aliphatic carbocycles. The van der Waals surface area contributed by atoms with Gasteiger partial charge in [0.15, 0.2) is 0 Å². The van der Waals surface area contributed by atoms with E-state index in [1.54, 1.807) is 0 Å². The van der Waals surface area contributed by atoms with Gasteiger partial charge in [-0.15, -0.1) is 0 Å². The molecule has 5 nitrogen and oxygen atoms in total. The predicted molar refractivity (Wildman–Crippen MR) is 105 cm³/mol. The number of allylic oxidation sites excluding steroid dienone is 2. The quantitative estimate of drug-likeness (QED) is 0.600. The van der Waals surface area contributed by atoms with E-state index in [4.69, 9.17) is 11.6 Å². The summed E-state index contributed by atoms with van der Waals surface area (Å²) >= 11 is 5.86. The first-order chi connectivity index (χ1) is 12.8. The molecule has 6 heteroatoms. The highest BCUT2D eigenvalue weighted by atomic mass is 35.5. The minimum atomic E-state index is -0.735. The van der Waals surface area contributed by atoms with Crippen molar-refractivity contribution in [2.45, 2.75) is 82.7 Å². The standard InChI is InChI=1S/C21H32ClNO4/c1-12(6-7-13(2)22)19(24)9-8-15-16-10-14-4-3-5-17(21(26)27)23(14)18(16)11-20(15)25/h7-9,12,14-20,24-25H,3-6,10-11H2,1-2H3,(H,26,27)/t12?,14?,15-,16-,17?,18?,19-,20-/m1/s1. The third-order valence-electron chi connectivity index (χ3n) is 6.81. The zero-order valence-corrected chi connectivity index (χ0v) is 16.9. The van der Waals surface area contributed by atoms with Crippen molar-refractivity contribution in [1.29, 1.82) is 0 Å². The summed E-state index contributed by atoms with van der Waals surface area (Å²) in [5.74, 6) is -0.424. The Morgan fingerprint density at radius 2 is 2.07 bits per heavy atom. The second-order valence-electron chi connectivity index (χ2n) is 8.61. The Morgan fingerprint density at radius 1 is 1.33 bits per heavy atom. The van der Waals surface area contributed by atoms with Gasteiger partial charge in [-0.25, -0.2) is 0 Å². The summed E-state index contributed by atoms with van der Waals surface area (Å²) < 4.78 is 0. The number of aliphatic carboxylic acids is 1. The number of carboxylic acid groups (broad SMARTS) is 1. The van der Waals surface area contributed by atoms with Crippen LogP contribution in [0.5, 0.6) is 0 Å². The van der Waals surface area contributed by atoms with Crippen molar-refractivity contribution in [3.8, 4) is 0 Å². The molecule has 0 spiro atoms. The lowest BCUT2D eigenvalue weighted by molar-refractivity contribution is -0.146. The van der Waals surface area contributed by atoms with Crippen LogP contribution in [0.25, 0.3) is 0 Å². The Bertz CT molecular complexity index is 603. The minimum absolute atomic E-state index is 0.0119. The number of fused-ring (bicyclic) bond motifs is 3. The number of nitrogens with zero attached hydrogens (tertiary/aromatic N) is 1. The highest BCUT2D eigenvalue weighted by Crippen LogP contribution is 2.49. The normalized spacial score (nSPS) is 39.4. The average Bonchev–Trinajstić information content (AvgIpc) is 3.11. The molecule has 3 fully saturated rings. The molecule has 8 atom stereocenters. The summed E-state index contributed by atoms with van der Waals surface area (Å²) in [5.41, 5.74) is 0. The van der Waals surface area contributed by atoms with Crippen molar-refractivity contribution in [2.24, 2.45) is 17.8 Å². The van der Waals surface area contributed by atoms with Gasteiger partial charge in [0, 0.05) is 23.0 Å². The molecular weight excluding hydrogens is 366 g/mol. The fourth-order valence-corrected chi connectivity index (χ4v) is 5.46. The first-order valence-electron chi connectivity index (χ1n) is 10.2. The van der Waals surface area contributed by atoms with Gasteiger partial charge < -0.3 is 15.3 Å². The number of piperidine rings is 1. The van der Waals surface area contributed by atoms with Crippen LogP contribution in [0.2, 0.25) is 0 Å². The predicted octanol–water partition coefficient (Wildman–Crippen LogP) is 3.15. The molecule has 0 aromatic carbocycles. The van der Waals surface area contributed by atoms with E-state index in [-0.39, 0.29) is 23.8 Å². The average molecular weight is 398 g/mol. The Kier molecular flexibility index (Phi) is 6.67. The summed E-state index contributed by atoms with van der Waals surface area (Å²) in [5, 5.41) is 31.3. The van der Waals surface area contributed by atoms with Crippen molar-refractivity contribution in [2.75, 3.05) is 0 Å². The van der Waals surface area contributed by atoms with E-state index in [0.29, 0.717) is 25.3 Å². The number of aliphatic hydroxyl groups is 2. The van der Waals surface area contributed by atoms with Crippen LogP contribution in [-0.2, 0) is 4.79 Å². The SMILES string of the molecule is CC(Cl)=CCC(C)[C@H](O)C=C[C@H]1[C@H](O)CC2[C@@H]1CC1CCCC(C(=O)O)N12. The number of hydrogen-bond acceptors (Lipinski definition) is 4. The molecule has 0 radical (unpaired) electrons. The molecule has 3 N–H and O–H groups in total. The van der Waals surface area contributed by atoms with Crippen LogP contribution in [0.15, 0.2) is 23.3 Å². The molecule has 4 unspecified atom stereocenters. The number of carbonyl (C=O) groups is 1. The molecule has 2 heterocycles. The number of rotatable bonds is 6. The number of hydrogen-bond donors (Lipinski definition) is 3. The molecule has 152 valence electrons. The molecule has 3 rings (SSSR count). The van der Waals surface area contributed by atoms with Crippen molar-refractivity contribution in [1.82, 2.24) is 4.90 Å². The van der Waals surface area contributed by atoms with Crippen LogP contribution < -0.4 is 0 Å². The van der Waals surface area contributed by atoms with Gasteiger partial charge in [0.05, 0.1) is 12.2 Å². The third-order valence-corrected chi connectivity index (χ3v) is 6.96. The lowest BCUT2D eigenvalue weighted by Crippen LogP contribution is -2.51. The van der Waals surface area contributed by atoms with Gasteiger partial charge in [0.2, 0.25) is 0 Å². The van der Waals surface area contributed by atoms with Gasteiger partial charge in [0.25, 0.3) is 0 Å². The maximum absolute atomic E-state index is 11.7. The highest BCUT2D eigenvalue weighted by molar-refractivity contribution is 6.29. The Balaban J connectivity index is 1.68. The van der Waals surface area contributed by atoms with Crippen molar-refractivity contribution in [3.63, 3.8) is 0 Å². The first kappa shape index (κ1) is 20.8. The van der Waals surface area contributed by atoms with Crippen LogP contribution in [0.4, 0.5) is 0 Å². The van der Waals surface area contributed by atoms with Gasteiger partial charge in [-0.2, -0.15) is 0 Å². The summed E-state index contributed by atoms with van der Waals surface area (Å²) in [7, 11) is 0. The van der Waals surface area contributed by atoms with Crippen molar-refractivity contribution < 1.29 is 20.1 Å². The second kappa shape index (κ2) is 8.64. The second-order valence-corrected chi connectivity index (χ2v) is 9.21. The smallest absolute Gasteiger partial charge is 0.320 e. The van der Waals surface area contributed by atoms with Crippen LogP contribution in [0.3, 0.4) is 0 Å². The number of aliphatic hydroxyl groups excluding tert-OH is 2. The Labute approximate surface area is 166 Å². The van der Waals surface area contributed by atoms with Gasteiger partial charge in [-0.3, -0.25) is 9.69 Å². The van der Waals surface area contributed by atoms with Gasteiger partial charge in [-0.05, 0) is 57.3 Å². The third kappa shape index (κ3) is 4.42. The maximum Gasteiger partial charge on any atom is 0.320 e. The molecule has 0 aromatic heterocycles. The number of halogens is 1. The lowest BCUT2D eigenvalue weighted by atomic mass is 9.88. The molecule has 27 heavy (non-hydrogen) atoms. The van der Waals surface area contributed by atoms with Gasteiger partial charge in [0.1, 0.15) is 6.04 Å². The molecule has 3 aliphatic rings. The fourth-order valence-electron chi connectivity index (χ4n) is 5.37. The van der Waals surface area contributed by atoms with E-state index in [1.165, 1.54) is 0 Å². The van der Waals surface area contributed by atoms with E-state index < -0.39 is 24.2 Å². The van der Waals surface area contributed by atoms with Crippen LogP contribution >= 0.6 is 11.6 Å². The lowest BCUT2D eigenvalue weighted by Gasteiger charge is -2.38. The molecule has 2 aliphatic heterocycles. The largest absolute Gasteiger partial charge is 0.480 e. The Hall–Kier alpha value is -0.880. The summed E-state index contributed by atoms with van der Waals surface area (Å²) in [6, 6.07) is 0.0428. The minimum Gasteiger partial charge on any atom is -0.480 e. The molecular formula is C21H32ClNO4. The van der Waals surface area contributed by atoms with Crippen LogP contribution in [0.1, 0.15) is 52.4 Å². The monoisotopic (exact) mass is 397 g/mol. The fraction of sp³-hybridized carbons (Fsp3) is 0.762. The van der Waals surface area contributed by atoms with Gasteiger partial charge >= 0.3 is 5.97 Å². The molecule has 0 amide bonds. The van der Waals surface area contributed by atoms with Crippen molar-refractivity contribution >= 4 is 17.6 Å². The zero-order valence-electron chi connectivity index (χ0n) is 16.2. The molecule has 0 bridgehead atoms. The number of carboxylic acids is 1. The van der Waals surface area contributed by atoms with E-state index in [0.717, 1.165) is 24.3 Å². The van der Waals surface area contributed by atoms with E-state index >= 15 is 0 Å². The Morgan fingerprint density at radius 3 is 2.74 bits per heavy atom. The van der Waals surface area contributed by atoms with Crippen LogP contribution in [-0.4, -0.2) is 56.5 Å². The van der Waals surface area contributed by atoms with Gasteiger partial charge in [-0.1, -0.05) is 36.8 Å². The molecule has 0 aromatic rings. The maximum atomic E-state index is 11.7. The first-order valence-corrected chi connectivity index (χ1v) is 10.5. The summed E-state index contributed by atoms with van der Waals surface area (Å²) in [4.78, 5) is 13.9. The highest BCUT2D eigenvalue weighted by Gasteiger charge is 2.54. The topological polar surface area (TPSA) is 81.0 Å². The molecule has 1 saturated carbocycles. The van der Waals surface area contributed by atoms with E-state index in [1.807, 2.05) is 32.1 Å². The summed E-state index contributed by atoms with van der Waals surface area (Å²) in [6.07, 6.45) is 9.63. The molecule has 2 saturated heterocycles. The van der Waals surface area contributed by atoms with Crippen molar-refractivity contribution in [3.05, 3.63) is 23.3 Å². The summed E-state index contributed by atoms with van der Waals surface area (Å²) in [6.45, 7) is 3.80. The van der Waals surface area contributed by atoms with Crippen LogP contribution in [0, 0.1) is 17.8 Å². The van der Waals surface area contributed by atoms with E-state index in [2.05, 4.69) is 4.90 Å².